The van der Waals surface area contributed by atoms with Gasteiger partial charge in [-0.1, -0.05) is 24.3 Å². The van der Waals surface area contributed by atoms with Crippen LogP contribution in [0.4, 0.5) is 17.1 Å². The van der Waals surface area contributed by atoms with Crippen LogP contribution in [0.1, 0.15) is 18.1 Å². The van der Waals surface area contributed by atoms with E-state index in [1.807, 2.05) is 0 Å². The van der Waals surface area contributed by atoms with E-state index in [1.165, 1.54) is 18.2 Å². The van der Waals surface area contributed by atoms with E-state index in [0.717, 1.165) is 4.90 Å². The average molecular weight is 406 g/mol. The molecule has 9 nitrogen and oxygen atoms in total. The summed E-state index contributed by atoms with van der Waals surface area (Å²) in [5.41, 5.74) is 0.423. The van der Waals surface area contributed by atoms with E-state index in [0.29, 0.717) is 16.8 Å². The first-order valence-electron chi connectivity index (χ1n) is 9.59. The highest BCUT2D eigenvalue weighted by Crippen LogP contribution is 2.53. The number of anilines is 2. The Kier molecular flexibility index (Phi) is 3.66. The molecule has 3 amide bonds. The van der Waals surface area contributed by atoms with Crippen LogP contribution in [0.5, 0.6) is 0 Å². The van der Waals surface area contributed by atoms with Gasteiger partial charge in [0.25, 0.3) is 5.69 Å². The summed E-state index contributed by atoms with van der Waals surface area (Å²) >= 11 is 0. The second kappa shape index (κ2) is 5.96. The van der Waals surface area contributed by atoms with Gasteiger partial charge in [0.1, 0.15) is 5.54 Å². The summed E-state index contributed by atoms with van der Waals surface area (Å²) in [4.78, 5) is 51.8. The first-order chi connectivity index (χ1) is 14.3. The van der Waals surface area contributed by atoms with Gasteiger partial charge in [0, 0.05) is 29.4 Å². The molecule has 4 atom stereocenters. The normalized spacial score (nSPS) is 29.3. The number of fused-ring (bicyclic) bond motifs is 4. The Hall–Kier alpha value is -3.59. The molecule has 0 aliphatic carbocycles. The van der Waals surface area contributed by atoms with Crippen LogP contribution >= 0.6 is 0 Å². The van der Waals surface area contributed by atoms with Gasteiger partial charge in [-0.15, -0.1) is 0 Å². The van der Waals surface area contributed by atoms with E-state index in [-0.39, 0.29) is 17.3 Å². The third-order valence-corrected chi connectivity index (χ3v) is 6.41. The van der Waals surface area contributed by atoms with E-state index in [9.17, 15) is 24.5 Å². The fourth-order valence-electron chi connectivity index (χ4n) is 5.11. The summed E-state index contributed by atoms with van der Waals surface area (Å²) < 4.78 is 0. The molecule has 2 fully saturated rings. The number of nitrogens with zero attached hydrogens (tertiary/aromatic N) is 2. The summed E-state index contributed by atoms with van der Waals surface area (Å²) in [7, 11) is 0. The molecule has 2 aromatic rings. The average Bonchev–Trinajstić information content (AvgIpc) is 3.27. The summed E-state index contributed by atoms with van der Waals surface area (Å²) in [6.07, 6.45) is 0. The van der Waals surface area contributed by atoms with Crippen molar-refractivity contribution in [3.63, 3.8) is 0 Å². The smallest absolute Gasteiger partial charge is 0.271 e. The molecule has 0 unspecified atom stereocenters. The summed E-state index contributed by atoms with van der Waals surface area (Å²) in [6.45, 7) is 3.46. The second-order valence-electron chi connectivity index (χ2n) is 7.98. The Morgan fingerprint density at radius 3 is 2.57 bits per heavy atom. The van der Waals surface area contributed by atoms with Crippen LogP contribution in [0.15, 0.2) is 42.5 Å². The van der Waals surface area contributed by atoms with E-state index in [1.54, 1.807) is 38.1 Å². The van der Waals surface area contributed by atoms with Crippen molar-refractivity contribution in [2.24, 2.45) is 11.8 Å². The van der Waals surface area contributed by atoms with Gasteiger partial charge in [0.15, 0.2) is 0 Å². The van der Waals surface area contributed by atoms with Gasteiger partial charge in [-0.2, -0.15) is 0 Å². The molecule has 5 rings (SSSR count). The highest BCUT2D eigenvalue weighted by atomic mass is 16.6. The highest BCUT2D eigenvalue weighted by Gasteiger charge is 2.69. The first-order valence-corrected chi connectivity index (χ1v) is 9.59. The molecule has 0 aromatic heterocycles. The van der Waals surface area contributed by atoms with Crippen molar-refractivity contribution in [3.05, 3.63) is 63.7 Å². The van der Waals surface area contributed by atoms with Crippen LogP contribution in [-0.4, -0.2) is 28.7 Å². The third-order valence-electron chi connectivity index (χ3n) is 6.41. The zero-order chi connectivity index (χ0) is 21.4. The minimum Gasteiger partial charge on any atom is -0.324 e. The van der Waals surface area contributed by atoms with Crippen LogP contribution in [-0.2, 0) is 19.9 Å². The summed E-state index contributed by atoms with van der Waals surface area (Å²) in [6, 6.07) is 10.7. The third kappa shape index (κ3) is 2.12. The molecule has 3 aliphatic rings. The zero-order valence-corrected chi connectivity index (χ0v) is 16.2. The zero-order valence-electron chi connectivity index (χ0n) is 16.2. The maximum atomic E-state index is 13.6. The van der Waals surface area contributed by atoms with Gasteiger partial charge >= 0.3 is 0 Å². The monoisotopic (exact) mass is 406 g/mol. The number of para-hydroxylation sites is 1. The molecular weight excluding hydrogens is 388 g/mol. The summed E-state index contributed by atoms with van der Waals surface area (Å²) in [5, 5.41) is 17.3. The number of non-ortho nitro benzene ring substituents is 1. The van der Waals surface area contributed by atoms with Crippen LogP contribution in [0.3, 0.4) is 0 Å². The lowest BCUT2D eigenvalue weighted by molar-refractivity contribution is -0.384. The maximum absolute atomic E-state index is 13.6. The van der Waals surface area contributed by atoms with Gasteiger partial charge in [-0.3, -0.25) is 29.8 Å². The minimum atomic E-state index is -1.35. The Morgan fingerprint density at radius 1 is 1.10 bits per heavy atom. The molecule has 9 heteroatoms. The number of amides is 3. The second-order valence-corrected chi connectivity index (χ2v) is 7.98. The molecule has 30 heavy (non-hydrogen) atoms. The van der Waals surface area contributed by atoms with Crippen molar-refractivity contribution in [1.29, 1.82) is 0 Å². The molecule has 1 spiro atoms. The number of carbonyl (C=O) groups excluding carboxylic acids is 3. The number of benzene rings is 2. The number of hydrogen-bond acceptors (Lipinski definition) is 6. The Bertz CT molecular complexity index is 1160. The van der Waals surface area contributed by atoms with E-state index in [4.69, 9.17) is 0 Å². The molecule has 0 saturated carbocycles. The lowest BCUT2D eigenvalue weighted by Crippen LogP contribution is -2.53. The lowest BCUT2D eigenvalue weighted by atomic mass is 9.76. The largest absolute Gasteiger partial charge is 0.324 e. The minimum absolute atomic E-state index is 0.183. The molecule has 3 heterocycles. The van der Waals surface area contributed by atoms with Gasteiger partial charge in [0.05, 0.1) is 22.4 Å². The highest BCUT2D eigenvalue weighted by molar-refractivity contribution is 6.26. The lowest BCUT2D eigenvalue weighted by Gasteiger charge is -2.29. The first kappa shape index (κ1) is 18.4. The van der Waals surface area contributed by atoms with Gasteiger partial charge in [-0.05, 0) is 25.5 Å². The number of aryl methyl sites for hydroxylation is 1. The van der Waals surface area contributed by atoms with Crippen LogP contribution in [0, 0.1) is 28.9 Å². The molecule has 0 bridgehead atoms. The van der Waals surface area contributed by atoms with Crippen molar-refractivity contribution >= 4 is 34.8 Å². The fraction of sp³-hybridized carbons (Fsp3) is 0.286. The van der Waals surface area contributed by atoms with Crippen molar-refractivity contribution in [3.8, 4) is 0 Å². The molecule has 2 aromatic carbocycles. The maximum Gasteiger partial charge on any atom is 0.271 e. The van der Waals surface area contributed by atoms with E-state index < -0.39 is 40.2 Å². The number of nitrogens with one attached hydrogen (secondary N) is 2. The van der Waals surface area contributed by atoms with E-state index in [2.05, 4.69) is 10.6 Å². The van der Waals surface area contributed by atoms with Crippen LogP contribution < -0.4 is 15.5 Å². The van der Waals surface area contributed by atoms with Crippen molar-refractivity contribution in [1.82, 2.24) is 5.32 Å². The summed E-state index contributed by atoms with van der Waals surface area (Å²) in [5.74, 6) is -3.06. The molecule has 3 aliphatic heterocycles. The molecule has 0 radical (unpaired) electrons. The van der Waals surface area contributed by atoms with Gasteiger partial charge in [-0.25, -0.2) is 4.90 Å². The predicted molar refractivity (Wildman–Crippen MR) is 107 cm³/mol. The molecular formula is C21H18N4O5. The number of nitro benzene ring substituents is 1. The molecule has 2 N–H and O–H groups in total. The van der Waals surface area contributed by atoms with Crippen molar-refractivity contribution in [2.45, 2.75) is 25.4 Å². The van der Waals surface area contributed by atoms with Crippen molar-refractivity contribution in [2.75, 3.05) is 10.2 Å². The van der Waals surface area contributed by atoms with Gasteiger partial charge < -0.3 is 5.32 Å². The SMILES string of the molecule is Cc1ccc([N+](=O)[O-])cc1N1C(=O)[C@H]2[C@@H](C)N[C@@]3(C(=O)Nc4ccccc43)[C@H]2C1=O. The number of rotatable bonds is 2. The van der Waals surface area contributed by atoms with E-state index >= 15 is 0 Å². The quantitative estimate of drug-likeness (QED) is 0.446. The van der Waals surface area contributed by atoms with Crippen LogP contribution in [0.25, 0.3) is 0 Å². The van der Waals surface area contributed by atoms with Crippen molar-refractivity contribution < 1.29 is 19.3 Å². The van der Waals surface area contributed by atoms with Crippen LogP contribution in [0.2, 0.25) is 0 Å². The predicted octanol–water partition coefficient (Wildman–Crippen LogP) is 1.85. The Labute approximate surface area is 171 Å². The topological polar surface area (TPSA) is 122 Å². The number of hydrogen-bond donors (Lipinski definition) is 2. The number of nitro groups is 1. The number of imide groups is 1. The van der Waals surface area contributed by atoms with Gasteiger partial charge in [0.2, 0.25) is 17.7 Å². The number of carbonyl (C=O) groups is 3. The Balaban J connectivity index is 1.67. The fourth-order valence-corrected chi connectivity index (χ4v) is 5.11. The molecule has 152 valence electrons. The molecule has 2 saturated heterocycles. The Morgan fingerprint density at radius 2 is 1.83 bits per heavy atom. The standard InChI is InChI=1S/C21H18N4O5/c1-10-7-8-12(25(29)30)9-15(10)24-18(26)16-11(2)23-21(17(16)19(24)27)13-5-3-4-6-14(13)22-20(21)28/h3-9,11,16-17,23H,1-2H3,(H,22,28)/t11-,16+,17-,21-/m1/s1.